The zero-order valence-corrected chi connectivity index (χ0v) is 16.0. The molecule has 1 aliphatic heterocycles. The van der Waals surface area contributed by atoms with Gasteiger partial charge in [0.1, 0.15) is 11.7 Å². The molecule has 3 aromatic rings. The highest BCUT2D eigenvalue weighted by Gasteiger charge is 2.29. The van der Waals surface area contributed by atoms with Crippen LogP contribution in [-0.4, -0.2) is 30.7 Å². The van der Waals surface area contributed by atoms with E-state index in [2.05, 4.69) is 20.2 Å². The maximum atomic E-state index is 13.3. The second-order valence-corrected chi connectivity index (χ2v) is 6.99. The number of halogens is 1. The van der Waals surface area contributed by atoms with Crippen LogP contribution in [0.3, 0.4) is 0 Å². The van der Waals surface area contributed by atoms with Gasteiger partial charge >= 0.3 is 0 Å². The van der Waals surface area contributed by atoms with Gasteiger partial charge in [0.15, 0.2) is 0 Å². The molecule has 29 heavy (non-hydrogen) atoms. The fourth-order valence-electron chi connectivity index (χ4n) is 3.32. The Bertz CT molecular complexity index is 1030. The first-order valence-electron chi connectivity index (χ1n) is 9.46. The number of pyridine rings is 1. The standard InChI is InChI=1S/C23H21FN4O/c1-28(13-11-17-4-2-3-12-25-17)19-8-6-18(7-9-19)26-15-21-20-10-5-16(24)14-22(20)27-23(21)29/h2-10,12,14-15,21H,11,13H2,1H3,(H,27,29). The maximum absolute atomic E-state index is 13.3. The summed E-state index contributed by atoms with van der Waals surface area (Å²) in [5, 5.41) is 2.69. The van der Waals surface area contributed by atoms with Gasteiger partial charge in [-0.2, -0.15) is 0 Å². The Morgan fingerprint density at radius 2 is 2.00 bits per heavy atom. The number of aliphatic imine (C=N–C) groups is 1. The van der Waals surface area contributed by atoms with Crippen molar-refractivity contribution in [3.8, 4) is 0 Å². The Morgan fingerprint density at radius 3 is 2.76 bits per heavy atom. The molecular formula is C23H21FN4O. The van der Waals surface area contributed by atoms with E-state index < -0.39 is 5.92 Å². The smallest absolute Gasteiger partial charge is 0.237 e. The molecule has 1 aromatic heterocycles. The Balaban J connectivity index is 1.40. The molecule has 1 aliphatic rings. The van der Waals surface area contributed by atoms with Crippen LogP contribution >= 0.6 is 0 Å². The normalized spacial score (nSPS) is 15.4. The first-order chi connectivity index (χ1) is 14.1. The molecule has 1 atom stereocenters. The molecule has 6 heteroatoms. The van der Waals surface area contributed by atoms with E-state index in [0.717, 1.165) is 35.6 Å². The van der Waals surface area contributed by atoms with Gasteiger partial charge < -0.3 is 10.2 Å². The summed E-state index contributed by atoms with van der Waals surface area (Å²) in [6.45, 7) is 0.856. The minimum atomic E-state index is -0.508. The van der Waals surface area contributed by atoms with Crippen LogP contribution in [0.25, 0.3) is 0 Å². The van der Waals surface area contributed by atoms with Crippen LogP contribution in [0.4, 0.5) is 21.5 Å². The first-order valence-corrected chi connectivity index (χ1v) is 9.46. The van der Waals surface area contributed by atoms with Crippen LogP contribution in [-0.2, 0) is 11.2 Å². The molecule has 5 nitrogen and oxygen atoms in total. The van der Waals surface area contributed by atoms with E-state index in [1.807, 2.05) is 55.7 Å². The molecule has 0 bridgehead atoms. The fourth-order valence-corrected chi connectivity index (χ4v) is 3.32. The fraction of sp³-hybridized carbons (Fsp3) is 0.174. The number of likely N-dealkylation sites (N-methyl/N-ethyl adjacent to an activating group) is 1. The van der Waals surface area contributed by atoms with Crippen LogP contribution in [0.15, 0.2) is 71.9 Å². The minimum absolute atomic E-state index is 0.194. The summed E-state index contributed by atoms with van der Waals surface area (Å²) >= 11 is 0. The van der Waals surface area contributed by atoms with Gasteiger partial charge in [-0.05, 0) is 54.1 Å². The lowest BCUT2D eigenvalue weighted by Gasteiger charge is -2.19. The molecule has 146 valence electrons. The van der Waals surface area contributed by atoms with Gasteiger partial charge in [-0.25, -0.2) is 4.39 Å². The molecule has 0 saturated heterocycles. The van der Waals surface area contributed by atoms with Crippen LogP contribution in [0.5, 0.6) is 0 Å². The summed E-state index contributed by atoms with van der Waals surface area (Å²) in [4.78, 5) is 23.1. The van der Waals surface area contributed by atoms with Crippen molar-refractivity contribution in [3.05, 3.63) is 83.9 Å². The van der Waals surface area contributed by atoms with E-state index in [0.29, 0.717) is 5.69 Å². The minimum Gasteiger partial charge on any atom is -0.374 e. The van der Waals surface area contributed by atoms with Gasteiger partial charge in [0.05, 0.1) is 5.69 Å². The second-order valence-electron chi connectivity index (χ2n) is 6.99. The van der Waals surface area contributed by atoms with Crippen molar-refractivity contribution in [1.82, 2.24) is 4.98 Å². The number of hydrogen-bond acceptors (Lipinski definition) is 4. The number of amides is 1. The molecule has 0 aliphatic carbocycles. The SMILES string of the molecule is CN(CCc1ccccn1)c1ccc(N=CC2C(=O)Nc3cc(F)ccc32)cc1. The highest BCUT2D eigenvalue weighted by atomic mass is 19.1. The lowest BCUT2D eigenvalue weighted by Crippen LogP contribution is -2.20. The van der Waals surface area contributed by atoms with Crippen molar-refractivity contribution in [2.75, 3.05) is 23.8 Å². The number of nitrogens with one attached hydrogen (secondary N) is 1. The molecular weight excluding hydrogens is 367 g/mol. The average Bonchev–Trinajstić information content (AvgIpc) is 3.05. The molecule has 0 saturated carbocycles. The van der Waals surface area contributed by atoms with Crippen LogP contribution in [0.1, 0.15) is 17.2 Å². The first kappa shape index (κ1) is 18.8. The number of fused-ring (bicyclic) bond motifs is 1. The average molecular weight is 388 g/mol. The van der Waals surface area contributed by atoms with Crippen molar-refractivity contribution in [1.29, 1.82) is 0 Å². The van der Waals surface area contributed by atoms with E-state index >= 15 is 0 Å². The highest BCUT2D eigenvalue weighted by Crippen LogP contribution is 2.32. The van der Waals surface area contributed by atoms with Crippen LogP contribution < -0.4 is 10.2 Å². The lowest BCUT2D eigenvalue weighted by atomic mass is 10.0. The van der Waals surface area contributed by atoms with Gasteiger partial charge in [-0.15, -0.1) is 0 Å². The number of nitrogens with zero attached hydrogens (tertiary/aromatic N) is 3. The van der Waals surface area contributed by atoms with Crippen molar-refractivity contribution in [2.24, 2.45) is 4.99 Å². The number of aromatic nitrogens is 1. The van der Waals surface area contributed by atoms with Crippen LogP contribution in [0, 0.1) is 5.82 Å². The largest absolute Gasteiger partial charge is 0.374 e. The lowest BCUT2D eigenvalue weighted by molar-refractivity contribution is -0.115. The third kappa shape index (κ3) is 4.32. The number of anilines is 2. The molecule has 0 spiro atoms. The van der Waals surface area contributed by atoms with Gasteiger partial charge in [0.2, 0.25) is 5.91 Å². The van der Waals surface area contributed by atoms with Crippen molar-refractivity contribution < 1.29 is 9.18 Å². The summed E-state index contributed by atoms with van der Waals surface area (Å²) in [7, 11) is 2.04. The molecule has 2 heterocycles. The van der Waals surface area contributed by atoms with E-state index in [1.165, 1.54) is 12.1 Å². The monoisotopic (exact) mass is 388 g/mol. The van der Waals surface area contributed by atoms with Gasteiger partial charge in [-0.1, -0.05) is 12.1 Å². The Hall–Kier alpha value is -3.54. The van der Waals surface area contributed by atoms with Crippen LogP contribution in [0.2, 0.25) is 0 Å². The van der Waals surface area contributed by atoms with E-state index in [-0.39, 0.29) is 11.7 Å². The number of rotatable bonds is 6. The summed E-state index contributed by atoms with van der Waals surface area (Å²) in [6.07, 6.45) is 4.29. The van der Waals surface area contributed by atoms with E-state index in [9.17, 15) is 9.18 Å². The molecule has 4 rings (SSSR count). The molecule has 2 aromatic carbocycles. The van der Waals surface area contributed by atoms with Crippen molar-refractivity contribution >= 4 is 29.2 Å². The number of carbonyl (C=O) groups is 1. The quantitative estimate of drug-likeness (QED) is 0.639. The van der Waals surface area contributed by atoms with E-state index in [4.69, 9.17) is 0 Å². The summed E-state index contributed by atoms with van der Waals surface area (Å²) in [6, 6.07) is 18.1. The summed E-state index contributed by atoms with van der Waals surface area (Å²) < 4.78 is 13.3. The van der Waals surface area contributed by atoms with Crippen molar-refractivity contribution in [2.45, 2.75) is 12.3 Å². The predicted molar refractivity (Wildman–Crippen MR) is 114 cm³/mol. The zero-order chi connectivity index (χ0) is 20.2. The molecule has 1 amide bonds. The summed E-state index contributed by atoms with van der Waals surface area (Å²) in [5.41, 5.74) is 4.16. The third-order valence-corrected chi connectivity index (χ3v) is 4.98. The third-order valence-electron chi connectivity index (χ3n) is 4.98. The number of carbonyl (C=O) groups excluding carboxylic acids is 1. The second kappa shape index (κ2) is 8.22. The molecule has 0 radical (unpaired) electrons. The zero-order valence-electron chi connectivity index (χ0n) is 16.0. The summed E-state index contributed by atoms with van der Waals surface area (Å²) in [5.74, 6) is -1.07. The molecule has 1 unspecified atom stereocenters. The number of benzene rings is 2. The Labute approximate surface area is 168 Å². The van der Waals surface area contributed by atoms with Gasteiger partial charge in [0, 0.05) is 49.5 Å². The van der Waals surface area contributed by atoms with Gasteiger partial charge in [-0.3, -0.25) is 14.8 Å². The number of hydrogen-bond donors (Lipinski definition) is 1. The predicted octanol–water partition coefficient (Wildman–Crippen LogP) is 4.34. The molecule has 0 fully saturated rings. The van der Waals surface area contributed by atoms with E-state index in [1.54, 1.807) is 12.3 Å². The maximum Gasteiger partial charge on any atom is 0.237 e. The topological polar surface area (TPSA) is 57.6 Å². The van der Waals surface area contributed by atoms with Gasteiger partial charge in [0.25, 0.3) is 0 Å². The Morgan fingerprint density at radius 1 is 1.17 bits per heavy atom. The van der Waals surface area contributed by atoms with Crippen molar-refractivity contribution in [3.63, 3.8) is 0 Å². The molecule has 1 N–H and O–H groups in total. The highest BCUT2D eigenvalue weighted by molar-refractivity contribution is 6.12. The Kier molecular flexibility index (Phi) is 5.33.